The fraction of sp³-hybridized carbons (Fsp3) is 0.269. The average Bonchev–Trinajstić information content (AvgIpc) is 3.41. The van der Waals surface area contributed by atoms with E-state index < -0.39 is 6.03 Å². The largest absolute Gasteiger partial charge is 0.497 e. The summed E-state index contributed by atoms with van der Waals surface area (Å²) in [5.74, 6) is 1.78. The van der Waals surface area contributed by atoms with Crippen molar-refractivity contribution in [3.05, 3.63) is 71.4 Å². The number of methoxy groups -OCH3 is 1. The predicted molar refractivity (Wildman–Crippen MR) is 135 cm³/mol. The third kappa shape index (κ3) is 4.96. The van der Waals surface area contributed by atoms with Gasteiger partial charge in [-0.2, -0.15) is 10.2 Å². The predicted octanol–water partition coefficient (Wildman–Crippen LogP) is 5.83. The third-order valence-electron chi connectivity index (χ3n) is 5.54. The summed E-state index contributed by atoms with van der Waals surface area (Å²) in [6.45, 7) is 10.3. The smallest absolute Gasteiger partial charge is 0.326 e. The van der Waals surface area contributed by atoms with Crippen LogP contribution in [0.2, 0.25) is 0 Å². The summed E-state index contributed by atoms with van der Waals surface area (Å²) < 4.78 is 7.02. The van der Waals surface area contributed by atoms with Gasteiger partial charge in [-0.15, -0.1) is 0 Å². The van der Waals surface area contributed by atoms with E-state index in [-0.39, 0.29) is 5.41 Å². The molecule has 0 atom stereocenters. The number of hydrogen-bond acceptors (Lipinski definition) is 4. The van der Waals surface area contributed by atoms with E-state index in [2.05, 4.69) is 41.6 Å². The molecule has 0 aliphatic rings. The second-order valence-corrected chi connectivity index (χ2v) is 9.34. The Morgan fingerprint density at radius 3 is 2.38 bits per heavy atom. The molecule has 4 rings (SSSR count). The molecule has 2 amide bonds. The van der Waals surface area contributed by atoms with Crippen LogP contribution in [0.25, 0.3) is 16.9 Å². The van der Waals surface area contributed by atoms with Crippen LogP contribution in [-0.2, 0) is 5.41 Å². The molecular formula is C26H30N6O2. The lowest BCUT2D eigenvalue weighted by molar-refractivity contribution is 0.262. The molecule has 3 N–H and O–H groups in total. The molecule has 0 aliphatic carbocycles. The number of benzene rings is 2. The highest BCUT2D eigenvalue weighted by Crippen LogP contribution is 2.28. The SMILES string of the molecule is COc1ccc(-c2cc(NC(=O)Nc3cc(C(C)(C)C)nn3-c3ccc(C)cc3)n[nH]2)c(C)c1. The van der Waals surface area contributed by atoms with E-state index >= 15 is 0 Å². The van der Waals surface area contributed by atoms with Crippen LogP contribution in [0.5, 0.6) is 5.75 Å². The first-order chi connectivity index (χ1) is 16.1. The number of H-pyrrole nitrogens is 1. The minimum Gasteiger partial charge on any atom is -0.497 e. The number of ether oxygens (including phenoxy) is 1. The number of carbonyl (C=O) groups is 1. The average molecular weight is 459 g/mol. The van der Waals surface area contributed by atoms with E-state index in [1.54, 1.807) is 17.9 Å². The van der Waals surface area contributed by atoms with Crippen molar-refractivity contribution in [1.29, 1.82) is 0 Å². The Morgan fingerprint density at radius 1 is 1.00 bits per heavy atom. The number of aryl methyl sites for hydroxylation is 2. The maximum atomic E-state index is 12.8. The summed E-state index contributed by atoms with van der Waals surface area (Å²) in [6, 6.07) is 17.1. The molecule has 0 bridgehead atoms. The molecule has 0 saturated carbocycles. The number of amides is 2. The Hall–Kier alpha value is -4.07. The standard InChI is InChI=1S/C26H30N6O2/c1-16-7-9-18(10-8-16)32-24(15-22(31-32)26(3,4)5)28-25(33)27-23-14-21(29-30-23)20-12-11-19(34-6)13-17(20)2/h7-15H,1-6H3,(H3,27,28,29,30,33). The summed E-state index contributed by atoms with van der Waals surface area (Å²) in [6.07, 6.45) is 0. The number of hydrogen-bond donors (Lipinski definition) is 3. The van der Waals surface area contributed by atoms with Crippen molar-refractivity contribution < 1.29 is 9.53 Å². The van der Waals surface area contributed by atoms with E-state index in [4.69, 9.17) is 9.84 Å². The van der Waals surface area contributed by atoms with Gasteiger partial charge in [0.25, 0.3) is 0 Å². The van der Waals surface area contributed by atoms with Crippen LogP contribution in [0.3, 0.4) is 0 Å². The number of rotatable bonds is 5. The number of urea groups is 1. The van der Waals surface area contributed by atoms with Gasteiger partial charge in [-0.3, -0.25) is 15.7 Å². The summed E-state index contributed by atoms with van der Waals surface area (Å²) in [4.78, 5) is 12.8. The minimum absolute atomic E-state index is 0.170. The molecule has 0 aliphatic heterocycles. The lowest BCUT2D eigenvalue weighted by atomic mass is 9.92. The Labute approximate surface area is 199 Å². The van der Waals surface area contributed by atoms with Crippen LogP contribution in [-0.4, -0.2) is 33.1 Å². The summed E-state index contributed by atoms with van der Waals surface area (Å²) in [5, 5.41) is 17.7. The van der Waals surface area contributed by atoms with Crippen LogP contribution < -0.4 is 15.4 Å². The van der Waals surface area contributed by atoms with Gasteiger partial charge >= 0.3 is 6.03 Å². The number of nitrogens with zero attached hydrogens (tertiary/aromatic N) is 3. The molecule has 176 valence electrons. The van der Waals surface area contributed by atoms with Crippen molar-refractivity contribution in [2.45, 2.75) is 40.0 Å². The first kappa shape index (κ1) is 23.1. The van der Waals surface area contributed by atoms with E-state index in [0.29, 0.717) is 11.6 Å². The van der Waals surface area contributed by atoms with Crippen molar-refractivity contribution >= 4 is 17.7 Å². The molecule has 2 heterocycles. The molecule has 0 unspecified atom stereocenters. The Kier molecular flexibility index (Phi) is 6.15. The molecule has 0 spiro atoms. The zero-order valence-corrected chi connectivity index (χ0v) is 20.4. The van der Waals surface area contributed by atoms with E-state index in [0.717, 1.165) is 39.5 Å². The Bertz CT molecular complexity index is 1310. The normalized spacial score (nSPS) is 11.4. The van der Waals surface area contributed by atoms with Gasteiger partial charge in [-0.1, -0.05) is 38.5 Å². The molecule has 0 fully saturated rings. The van der Waals surface area contributed by atoms with Gasteiger partial charge in [0, 0.05) is 23.1 Å². The monoisotopic (exact) mass is 458 g/mol. The quantitative estimate of drug-likeness (QED) is 0.351. The molecule has 2 aromatic heterocycles. The van der Waals surface area contributed by atoms with Crippen molar-refractivity contribution in [2.24, 2.45) is 0 Å². The van der Waals surface area contributed by atoms with Crippen LogP contribution in [0.4, 0.5) is 16.4 Å². The van der Waals surface area contributed by atoms with Gasteiger partial charge < -0.3 is 4.74 Å². The molecule has 4 aromatic rings. The number of aromatic nitrogens is 4. The lowest BCUT2D eigenvalue weighted by Crippen LogP contribution is -2.21. The molecule has 2 aromatic carbocycles. The lowest BCUT2D eigenvalue weighted by Gasteiger charge is -2.14. The molecular weight excluding hydrogens is 428 g/mol. The molecule has 0 saturated heterocycles. The highest BCUT2D eigenvalue weighted by molar-refractivity contribution is 5.99. The van der Waals surface area contributed by atoms with Gasteiger partial charge in [0.1, 0.15) is 11.6 Å². The van der Waals surface area contributed by atoms with Crippen molar-refractivity contribution in [3.63, 3.8) is 0 Å². The van der Waals surface area contributed by atoms with E-state index in [1.807, 2.05) is 62.4 Å². The molecule has 34 heavy (non-hydrogen) atoms. The van der Waals surface area contributed by atoms with Gasteiger partial charge in [-0.05, 0) is 49.7 Å². The van der Waals surface area contributed by atoms with E-state index in [9.17, 15) is 4.79 Å². The van der Waals surface area contributed by atoms with Crippen LogP contribution in [0.15, 0.2) is 54.6 Å². The van der Waals surface area contributed by atoms with Gasteiger partial charge in [0.2, 0.25) is 0 Å². The second kappa shape index (κ2) is 9.05. The maximum Gasteiger partial charge on any atom is 0.326 e. The molecule has 0 radical (unpaired) electrons. The number of nitrogens with one attached hydrogen (secondary N) is 3. The van der Waals surface area contributed by atoms with Crippen molar-refractivity contribution in [2.75, 3.05) is 17.7 Å². The first-order valence-corrected chi connectivity index (χ1v) is 11.1. The zero-order chi connectivity index (χ0) is 24.5. The first-order valence-electron chi connectivity index (χ1n) is 11.1. The van der Waals surface area contributed by atoms with Crippen LogP contribution in [0.1, 0.15) is 37.6 Å². The number of aromatic amines is 1. The van der Waals surface area contributed by atoms with E-state index in [1.165, 1.54) is 0 Å². The second-order valence-electron chi connectivity index (χ2n) is 9.34. The Morgan fingerprint density at radius 2 is 1.74 bits per heavy atom. The van der Waals surface area contributed by atoms with Gasteiger partial charge in [-0.25, -0.2) is 9.48 Å². The van der Waals surface area contributed by atoms with Crippen molar-refractivity contribution in [1.82, 2.24) is 20.0 Å². The number of carbonyl (C=O) groups excluding carboxylic acids is 1. The third-order valence-corrected chi connectivity index (χ3v) is 5.54. The summed E-state index contributed by atoms with van der Waals surface area (Å²) >= 11 is 0. The van der Waals surface area contributed by atoms with Crippen molar-refractivity contribution in [3.8, 4) is 22.7 Å². The topological polar surface area (TPSA) is 96.9 Å². The molecule has 8 nitrogen and oxygen atoms in total. The minimum atomic E-state index is -0.404. The maximum absolute atomic E-state index is 12.8. The Balaban J connectivity index is 1.54. The highest BCUT2D eigenvalue weighted by atomic mass is 16.5. The summed E-state index contributed by atoms with van der Waals surface area (Å²) in [5.41, 5.74) is 5.55. The summed E-state index contributed by atoms with van der Waals surface area (Å²) in [7, 11) is 1.64. The van der Waals surface area contributed by atoms with Crippen LogP contribution >= 0.6 is 0 Å². The zero-order valence-electron chi connectivity index (χ0n) is 20.4. The molecule has 8 heteroatoms. The number of anilines is 2. The van der Waals surface area contributed by atoms with Gasteiger partial charge in [0.15, 0.2) is 5.82 Å². The highest BCUT2D eigenvalue weighted by Gasteiger charge is 2.22. The van der Waals surface area contributed by atoms with Crippen LogP contribution in [0, 0.1) is 13.8 Å². The fourth-order valence-corrected chi connectivity index (χ4v) is 3.57. The van der Waals surface area contributed by atoms with Gasteiger partial charge in [0.05, 0.1) is 24.2 Å². The fourth-order valence-electron chi connectivity index (χ4n) is 3.57.